The minimum Gasteiger partial charge on any atom is -0.388 e. The molecule has 2 aliphatic rings. The molecule has 2 saturated heterocycles. The number of hydrogen-bond donors (Lipinski definition) is 1. The molecule has 19 heavy (non-hydrogen) atoms. The lowest BCUT2D eigenvalue weighted by Crippen LogP contribution is -2.53. The number of fused-ring (bicyclic) bond motifs is 1. The molecular weight excluding hydrogens is 248 g/mol. The number of aliphatic hydroxyl groups is 1. The monoisotopic (exact) mass is 266 g/mol. The molecule has 0 saturated carbocycles. The molecule has 0 unspecified atom stereocenters. The third-order valence-electron chi connectivity index (χ3n) is 3.53. The zero-order valence-corrected chi connectivity index (χ0v) is 10.8. The Morgan fingerprint density at radius 2 is 1.95 bits per heavy atom. The average molecular weight is 266 g/mol. The number of rotatable bonds is 2. The fourth-order valence-electron chi connectivity index (χ4n) is 2.52. The van der Waals surface area contributed by atoms with Gasteiger partial charge in [-0.2, -0.15) is 0 Å². The van der Waals surface area contributed by atoms with Crippen molar-refractivity contribution < 1.29 is 24.1 Å². The molecule has 3 rings (SSSR count). The van der Waals surface area contributed by atoms with E-state index in [1.54, 1.807) is 0 Å². The van der Waals surface area contributed by atoms with Gasteiger partial charge < -0.3 is 24.1 Å². The lowest BCUT2D eigenvalue weighted by atomic mass is 10.0. The van der Waals surface area contributed by atoms with Crippen LogP contribution in [0, 0.1) is 0 Å². The summed E-state index contributed by atoms with van der Waals surface area (Å²) in [6.07, 6.45) is -1.51. The number of methoxy groups -OCH3 is 1. The van der Waals surface area contributed by atoms with Gasteiger partial charge in [-0.1, -0.05) is 30.3 Å². The molecule has 2 heterocycles. The van der Waals surface area contributed by atoms with Crippen molar-refractivity contribution in [2.24, 2.45) is 0 Å². The molecule has 104 valence electrons. The van der Waals surface area contributed by atoms with Crippen LogP contribution >= 0.6 is 0 Å². The average Bonchev–Trinajstić information content (AvgIpc) is 2.47. The van der Waals surface area contributed by atoms with E-state index in [0.29, 0.717) is 13.0 Å². The number of hydrogen-bond acceptors (Lipinski definition) is 5. The Morgan fingerprint density at radius 1 is 1.16 bits per heavy atom. The quantitative estimate of drug-likeness (QED) is 0.872. The third-order valence-corrected chi connectivity index (χ3v) is 3.53. The van der Waals surface area contributed by atoms with Gasteiger partial charge in [0.15, 0.2) is 12.6 Å². The molecule has 2 fully saturated rings. The van der Waals surface area contributed by atoms with E-state index in [1.807, 2.05) is 30.3 Å². The maximum absolute atomic E-state index is 9.89. The van der Waals surface area contributed by atoms with E-state index >= 15 is 0 Å². The zero-order valence-electron chi connectivity index (χ0n) is 10.8. The first-order valence-electron chi connectivity index (χ1n) is 6.46. The van der Waals surface area contributed by atoms with Crippen LogP contribution in [-0.2, 0) is 18.9 Å². The lowest BCUT2D eigenvalue weighted by Gasteiger charge is -2.43. The van der Waals surface area contributed by atoms with Gasteiger partial charge in [-0.3, -0.25) is 0 Å². The van der Waals surface area contributed by atoms with E-state index in [9.17, 15) is 5.11 Å². The Labute approximate surface area is 112 Å². The summed E-state index contributed by atoms with van der Waals surface area (Å²) >= 11 is 0. The highest BCUT2D eigenvalue weighted by atomic mass is 16.7. The molecule has 5 nitrogen and oxygen atoms in total. The molecule has 0 radical (unpaired) electrons. The van der Waals surface area contributed by atoms with Gasteiger partial charge in [0.2, 0.25) is 0 Å². The van der Waals surface area contributed by atoms with E-state index in [2.05, 4.69) is 0 Å². The maximum atomic E-state index is 9.89. The second-order valence-corrected chi connectivity index (χ2v) is 4.83. The number of ether oxygens (including phenoxy) is 4. The second-order valence-electron chi connectivity index (χ2n) is 4.83. The smallest absolute Gasteiger partial charge is 0.184 e. The molecule has 0 spiro atoms. The second kappa shape index (κ2) is 5.56. The molecule has 5 heteroatoms. The highest BCUT2D eigenvalue weighted by Gasteiger charge is 2.42. The van der Waals surface area contributed by atoms with Gasteiger partial charge in [-0.15, -0.1) is 0 Å². The van der Waals surface area contributed by atoms with E-state index in [0.717, 1.165) is 5.56 Å². The zero-order chi connectivity index (χ0) is 13.2. The van der Waals surface area contributed by atoms with Crippen molar-refractivity contribution in [2.45, 2.75) is 37.3 Å². The van der Waals surface area contributed by atoms with Crippen molar-refractivity contribution in [3.05, 3.63) is 35.9 Å². The van der Waals surface area contributed by atoms with Crippen LogP contribution < -0.4 is 0 Å². The third kappa shape index (κ3) is 2.66. The number of benzene rings is 1. The Hall–Kier alpha value is -0.980. The van der Waals surface area contributed by atoms with Crippen LogP contribution in [0.25, 0.3) is 0 Å². The van der Waals surface area contributed by atoms with Gasteiger partial charge in [0.25, 0.3) is 0 Å². The van der Waals surface area contributed by atoms with Crippen molar-refractivity contribution in [3.63, 3.8) is 0 Å². The van der Waals surface area contributed by atoms with Crippen LogP contribution in [0.3, 0.4) is 0 Å². The van der Waals surface area contributed by atoms with Crippen molar-refractivity contribution in [1.82, 2.24) is 0 Å². The summed E-state index contributed by atoms with van der Waals surface area (Å²) in [5, 5.41) is 9.89. The first kappa shape index (κ1) is 13.0. The number of aliphatic hydroxyl groups excluding tert-OH is 1. The van der Waals surface area contributed by atoms with Gasteiger partial charge in [0.05, 0.1) is 12.7 Å². The topological polar surface area (TPSA) is 57.2 Å². The first-order valence-corrected chi connectivity index (χ1v) is 6.46. The SMILES string of the molecule is CO[C@@H]1O[C@@H]2CO[C@@H](c3ccccc3)O[C@@H]2C[C@@H]1O. The van der Waals surface area contributed by atoms with E-state index < -0.39 is 18.7 Å². The molecule has 0 amide bonds. The van der Waals surface area contributed by atoms with E-state index in [1.165, 1.54) is 7.11 Å². The van der Waals surface area contributed by atoms with E-state index in [4.69, 9.17) is 18.9 Å². The van der Waals surface area contributed by atoms with Gasteiger partial charge in [0.1, 0.15) is 12.2 Å². The molecule has 0 aliphatic carbocycles. The summed E-state index contributed by atoms with van der Waals surface area (Å²) in [5.74, 6) is 0. The summed E-state index contributed by atoms with van der Waals surface area (Å²) < 4.78 is 22.2. The summed E-state index contributed by atoms with van der Waals surface area (Å²) in [6.45, 7) is 0.441. The Morgan fingerprint density at radius 3 is 2.68 bits per heavy atom. The maximum Gasteiger partial charge on any atom is 0.184 e. The minimum absolute atomic E-state index is 0.166. The lowest BCUT2D eigenvalue weighted by molar-refractivity contribution is -0.333. The summed E-state index contributed by atoms with van der Waals surface area (Å²) in [7, 11) is 1.52. The predicted molar refractivity (Wildman–Crippen MR) is 66.3 cm³/mol. The minimum atomic E-state index is -0.666. The Kier molecular flexibility index (Phi) is 3.81. The van der Waals surface area contributed by atoms with Gasteiger partial charge in [0, 0.05) is 19.1 Å². The standard InChI is InChI=1S/C14H18O5/c1-16-14-10(15)7-11-12(19-14)8-17-13(18-11)9-5-3-2-4-6-9/h2-6,10-15H,7-8H2,1H3/t10-,11+,12+,13+,14+/m0/s1. The Balaban J connectivity index is 1.68. The molecule has 5 atom stereocenters. The van der Waals surface area contributed by atoms with Crippen molar-refractivity contribution in [1.29, 1.82) is 0 Å². The van der Waals surface area contributed by atoms with Crippen LogP contribution in [0.2, 0.25) is 0 Å². The first-order chi connectivity index (χ1) is 9.28. The Bertz CT molecular complexity index is 410. The molecule has 1 aromatic carbocycles. The van der Waals surface area contributed by atoms with Crippen LogP contribution in [0.1, 0.15) is 18.3 Å². The summed E-state index contributed by atoms with van der Waals surface area (Å²) in [4.78, 5) is 0. The van der Waals surface area contributed by atoms with Gasteiger partial charge >= 0.3 is 0 Å². The molecule has 0 aromatic heterocycles. The van der Waals surface area contributed by atoms with Gasteiger partial charge in [-0.05, 0) is 0 Å². The fraction of sp³-hybridized carbons (Fsp3) is 0.571. The van der Waals surface area contributed by atoms with Crippen LogP contribution in [-0.4, -0.2) is 43.4 Å². The largest absolute Gasteiger partial charge is 0.388 e. The molecule has 0 bridgehead atoms. The predicted octanol–water partition coefficient (Wildman–Crippen LogP) is 1.22. The van der Waals surface area contributed by atoms with E-state index in [-0.39, 0.29) is 12.2 Å². The van der Waals surface area contributed by atoms with Crippen molar-refractivity contribution in [3.8, 4) is 0 Å². The molecule has 1 N–H and O–H groups in total. The normalized spacial score (nSPS) is 38.7. The van der Waals surface area contributed by atoms with Crippen molar-refractivity contribution in [2.75, 3.05) is 13.7 Å². The molecule has 2 aliphatic heterocycles. The molecular formula is C14H18O5. The summed E-state index contributed by atoms with van der Waals surface area (Å²) in [5.41, 5.74) is 0.976. The van der Waals surface area contributed by atoms with Crippen LogP contribution in [0.5, 0.6) is 0 Å². The van der Waals surface area contributed by atoms with Crippen LogP contribution in [0.15, 0.2) is 30.3 Å². The highest BCUT2D eigenvalue weighted by molar-refractivity contribution is 5.16. The fourth-order valence-corrected chi connectivity index (χ4v) is 2.52. The van der Waals surface area contributed by atoms with Crippen LogP contribution in [0.4, 0.5) is 0 Å². The molecule has 1 aromatic rings. The summed E-state index contributed by atoms with van der Waals surface area (Å²) in [6, 6.07) is 9.76. The van der Waals surface area contributed by atoms with Gasteiger partial charge in [-0.25, -0.2) is 0 Å². The highest BCUT2D eigenvalue weighted by Crippen LogP contribution is 2.33. The van der Waals surface area contributed by atoms with Crippen molar-refractivity contribution >= 4 is 0 Å².